The molecule has 0 aliphatic heterocycles. The second kappa shape index (κ2) is 3.95. The van der Waals surface area contributed by atoms with E-state index < -0.39 is 11.8 Å². The fraction of sp³-hybridized carbons (Fsp3) is 0.222. The summed E-state index contributed by atoms with van der Waals surface area (Å²) in [5, 5.41) is 2.29. The molecular formula is C9H12FN3O. The number of primary amides is 1. The number of hydrogen-bond acceptors (Lipinski definition) is 2. The summed E-state index contributed by atoms with van der Waals surface area (Å²) in [5.41, 5.74) is 5.70. The fourth-order valence-corrected chi connectivity index (χ4v) is 1.09. The molecule has 14 heavy (non-hydrogen) atoms. The lowest BCUT2D eigenvalue weighted by Crippen LogP contribution is -2.19. The van der Waals surface area contributed by atoms with E-state index in [1.807, 2.05) is 0 Å². The van der Waals surface area contributed by atoms with E-state index in [-0.39, 0.29) is 0 Å². The van der Waals surface area contributed by atoms with Gasteiger partial charge in [0.2, 0.25) is 0 Å². The largest absolute Gasteiger partial charge is 0.375 e. The normalized spacial score (nSPS) is 9.64. The summed E-state index contributed by atoms with van der Waals surface area (Å²) in [7, 11) is 3.47. The van der Waals surface area contributed by atoms with Crippen LogP contribution < -0.4 is 16.0 Å². The van der Waals surface area contributed by atoms with Crippen molar-refractivity contribution >= 4 is 17.4 Å². The van der Waals surface area contributed by atoms with E-state index in [1.54, 1.807) is 31.1 Å². The van der Waals surface area contributed by atoms with Gasteiger partial charge in [0.1, 0.15) is 5.82 Å². The average molecular weight is 197 g/mol. The lowest BCUT2D eigenvalue weighted by atomic mass is 10.2. The van der Waals surface area contributed by atoms with E-state index in [1.165, 1.54) is 6.07 Å². The minimum absolute atomic E-state index is 0.348. The Kier molecular flexibility index (Phi) is 2.91. The highest BCUT2D eigenvalue weighted by atomic mass is 19.1. The molecule has 0 heterocycles. The highest BCUT2D eigenvalue weighted by Gasteiger charge is 2.05. The zero-order valence-corrected chi connectivity index (χ0v) is 8.04. The number of nitrogens with two attached hydrogens (primary N) is 1. The van der Waals surface area contributed by atoms with Crippen molar-refractivity contribution in [2.45, 2.75) is 0 Å². The summed E-state index contributed by atoms with van der Waals surface area (Å²) in [6.45, 7) is 0. The van der Waals surface area contributed by atoms with Crippen molar-refractivity contribution in [2.75, 3.05) is 24.3 Å². The van der Waals surface area contributed by atoms with Crippen molar-refractivity contribution in [3.8, 4) is 0 Å². The van der Waals surface area contributed by atoms with Crippen LogP contribution in [0.2, 0.25) is 0 Å². The zero-order chi connectivity index (χ0) is 10.7. The maximum Gasteiger partial charge on any atom is 0.316 e. The summed E-state index contributed by atoms with van der Waals surface area (Å²) in [5.74, 6) is -0.402. The first kappa shape index (κ1) is 10.3. The number of halogens is 1. The van der Waals surface area contributed by atoms with Gasteiger partial charge in [-0.1, -0.05) is 0 Å². The number of nitrogens with one attached hydrogen (secondary N) is 1. The molecule has 0 spiro atoms. The number of urea groups is 1. The SMILES string of the molecule is CN(C)c1ccc(NC(N)=O)cc1F. The van der Waals surface area contributed by atoms with Gasteiger partial charge in [0.15, 0.2) is 0 Å². The van der Waals surface area contributed by atoms with E-state index in [0.717, 1.165) is 0 Å². The van der Waals surface area contributed by atoms with Crippen LogP contribution >= 0.6 is 0 Å². The monoisotopic (exact) mass is 197 g/mol. The lowest BCUT2D eigenvalue weighted by molar-refractivity contribution is 0.259. The van der Waals surface area contributed by atoms with E-state index in [9.17, 15) is 9.18 Å². The van der Waals surface area contributed by atoms with Crippen LogP contribution in [0.3, 0.4) is 0 Å². The molecule has 0 unspecified atom stereocenters. The molecule has 1 aromatic rings. The molecule has 76 valence electrons. The van der Waals surface area contributed by atoms with Gasteiger partial charge in [-0.15, -0.1) is 0 Å². The number of rotatable bonds is 2. The number of carbonyl (C=O) groups excluding carboxylic acids is 1. The molecule has 1 aromatic carbocycles. The number of carbonyl (C=O) groups is 1. The van der Waals surface area contributed by atoms with Gasteiger partial charge in [0, 0.05) is 19.8 Å². The summed E-state index contributed by atoms with van der Waals surface area (Å²) in [4.78, 5) is 12.1. The number of benzene rings is 1. The third-order valence-electron chi connectivity index (χ3n) is 1.70. The Hall–Kier alpha value is -1.78. The van der Waals surface area contributed by atoms with Gasteiger partial charge >= 0.3 is 6.03 Å². The van der Waals surface area contributed by atoms with Crippen LogP contribution in [0.25, 0.3) is 0 Å². The first-order chi connectivity index (χ1) is 6.50. The maximum atomic E-state index is 13.3. The number of nitrogens with zero attached hydrogens (tertiary/aromatic N) is 1. The van der Waals surface area contributed by atoms with E-state index in [4.69, 9.17) is 5.73 Å². The van der Waals surface area contributed by atoms with Crippen LogP contribution in [0.5, 0.6) is 0 Å². The molecule has 0 atom stereocenters. The van der Waals surface area contributed by atoms with Gasteiger partial charge in [-0.2, -0.15) is 0 Å². The maximum absolute atomic E-state index is 13.3. The zero-order valence-electron chi connectivity index (χ0n) is 8.04. The van der Waals surface area contributed by atoms with Crippen LogP contribution in [0.4, 0.5) is 20.6 Å². The van der Waals surface area contributed by atoms with E-state index in [0.29, 0.717) is 11.4 Å². The van der Waals surface area contributed by atoms with Crippen LogP contribution in [-0.2, 0) is 0 Å². The summed E-state index contributed by atoms with van der Waals surface area (Å²) < 4.78 is 13.3. The molecule has 3 N–H and O–H groups in total. The van der Waals surface area contributed by atoms with Crippen molar-refractivity contribution < 1.29 is 9.18 Å². The van der Waals surface area contributed by atoms with Crippen molar-refractivity contribution in [1.29, 1.82) is 0 Å². The summed E-state index contributed by atoms with van der Waals surface area (Å²) in [6, 6.07) is 3.67. The minimum Gasteiger partial charge on any atom is -0.375 e. The Labute approximate surface area is 81.5 Å². The van der Waals surface area contributed by atoms with Gasteiger partial charge < -0.3 is 16.0 Å². The number of amides is 2. The molecule has 0 fully saturated rings. The highest BCUT2D eigenvalue weighted by Crippen LogP contribution is 2.20. The Bertz CT molecular complexity index is 352. The summed E-state index contributed by atoms with van der Waals surface area (Å²) >= 11 is 0. The lowest BCUT2D eigenvalue weighted by Gasteiger charge is -2.14. The van der Waals surface area contributed by atoms with Crippen LogP contribution in [0.15, 0.2) is 18.2 Å². The molecule has 4 nitrogen and oxygen atoms in total. The molecule has 1 rings (SSSR count). The predicted molar refractivity (Wildman–Crippen MR) is 53.9 cm³/mol. The molecule has 0 aliphatic rings. The minimum atomic E-state index is -0.706. The smallest absolute Gasteiger partial charge is 0.316 e. The van der Waals surface area contributed by atoms with Crippen LogP contribution in [0, 0.1) is 5.82 Å². The molecule has 2 amide bonds. The molecule has 0 saturated heterocycles. The second-order valence-corrected chi connectivity index (χ2v) is 3.05. The molecule has 5 heteroatoms. The first-order valence-corrected chi connectivity index (χ1v) is 4.04. The van der Waals surface area contributed by atoms with Gasteiger partial charge in [-0.25, -0.2) is 9.18 Å². The van der Waals surface area contributed by atoms with E-state index in [2.05, 4.69) is 5.32 Å². The quantitative estimate of drug-likeness (QED) is 0.752. The van der Waals surface area contributed by atoms with Gasteiger partial charge in [-0.3, -0.25) is 0 Å². The van der Waals surface area contributed by atoms with E-state index >= 15 is 0 Å². The van der Waals surface area contributed by atoms with Gasteiger partial charge in [0.25, 0.3) is 0 Å². The number of anilines is 2. The van der Waals surface area contributed by atoms with Crippen molar-refractivity contribution in [3.63, 3.8) is 0 Å². The Balaban J connectivity index is 2.94. The Morgan fingerprint density at radius 3 is 2.57 bits per heavy atom. The molecule has 0 saturated carbocycles. The first-order valence-electron chi connectivity index (χ1n) is 4.04. The van der Waals surface area contributed by atoms with Crippen LogP contribution in [0.1, 0.15) is 0 Å². The van der Waals surface area contributed by atoms with Crippen molar-refractivity contribution in [3.05, 3.63) is 24.0 Å². The average Bonchev–Trinajstić information content (AvgIpc) is 2.01. The van der Waals surface area contributed by atoms with Gasteiger partial charge in [-0.05, 0) is 18.2 Å². The Morgan fingerprint density at radius 1 is 1.50 bits per heavy atom. The predicted octanol–water partition coefficient (Wildman–Crippen LogP) is 1.38. The molecule has 0 aromatic heterocycles. The second-order valence-electron chi connectivity index (χ2n) is 3.05. The van der Waals surface area contributed by atoms with Crippen LogP contribution in [-0.4, -0.2) is 20.1 Å². The Morgan fingerprint density at radius 2 is 2.14 bits per heavy atom. The third kappa shape index (κ3) is 2.35. The highest BCUT2D eigenvalue weighted by molar-refractivity contribution is 5.88. The number of hydrogen-bond donors (Lipinski definition) is 2. The summed E-state index contributed by atoms with van der Waals surface area (Å²) in [6.07, 6.45) is 0. The molecule has 0 bridgehead atoms. The molecule has 0 radical (unpaired) electrons. The molecular weight excluding hydrogens is 185 g/mol. The van der Waals surface area contributed by atoms with Crippen molar-refractivity contribution in [1.82, 2.24) is 0 Å². The topological polar surface area (TPSA) is 58.4 Å². The van der Waals surface area contributed by atoms with Gasteiger partial charge in [0.05, 0.1) is 5.69 Å². The molecule has 0 aliphatic carbocycles. The third-order valence-corrected chi connectivity index (χ3v) is 1.70. The van der Waals surface area contributed by atoms with Crippen molar-refractivity contribution in [2.24, 2.45) is 5.73 Å². The fourth-order valence-electron chi connectivity index (χ4n) is 1.09. The standard InChI is InChI=1S/C9H12FN3O/c1-13(2)8-4-3-6(5-7(8)10)12-9(11)14/h3-5H,1-2H3,(H3,11,12,14).